The zero-order valence-corrected chi connectivity index (χ0v) is 13.1. The zero-order valence-electron chi connectivity index (χ0n) is 11.6. The predicted octanol–water partition coefficient (Wildman–Crippen LogP) is 4.21. The number of thiazole rings is 1. The number of carbonyl (C=O) groups excluding carboxylic acids is 1. The topological polar surface area (TPSA) is 82.3 Å². The minimum atomic E-state index is -0.649. The van der Waals surface area contributed by atoms with E-state index in [1.54, 1.807) is 0 Å². The number of aromatic nitrogens is 1. The van der Waals surface area contributed by atoms with Crippen LogP contribution in [0.5, 0.6) is 0 Å². The molecule has 2 aromatic carbocycles. The SMILES string of the molecule is O=C(OCc1nc2ccccc2s1)c1ccc([N+](=O)[O-])cc1Cl. The van der Waals surface area contributed by atoms with E-state index in [1.165, 1.54) is 23.5 Å². The van der Waals surface area contributed by atoms with Gasteiger partial charge >= 0.3 is 5.97 Å². The summed E-state index contributed by atoms with van der Waals surface area (Å²) in [6, 6.07) is 11.2. The summed E-state index contributed by atoms with van der Waals surface area (Å²) in [5.41, 5.74) is 0.744. The molecule has 0 radical (unpaired) electrons. The highest BCUT2D eigenvalue weighted by Gasteiger charge is 2.16. The minimum absolute atomic E-state index is 0.0193. The third-order valence-corrected chi connectivity index (χ3v) is 4.37. The molecule has 0 bridgehead atoms. The quantitative estimate of drug-likeness (QED) is 0.400. The first-order chi connectivity index (χ1) is 11.0. The Balaban J connectivity index is 1.73. The summed E-state index contributed by atoms with van der Waals surface area (Å²) in [5.74, 6) is -0.649. The van der Waals surface area contributed by atoms with Crippen molar-refractivity contribution >= 4 is 44.8 Å². The molecule has 0 aliphatic carbocycles. The Morgan fingerprint density at radius 3 is 2.78 bits per heavy atom. The van der Waals surface area contributed by atoms with Gasteiger partial charge in [0.05, 0.1) is 25.7 Å². The van der Waals surface area contributed by atoms with Crippen LogP contribution in [0.3, 0.4) is 0 Å². The second kappa shape index (κ2) is 6.31. The molecule has 6 nitrogen and oxygen atoms in total. The Morgan fingerprint density at radius 2 is 2.09 bits per heavy atom. The number of nitrogens with zero attached hydrogens (tertiary/aromatic N) is 2. The molecule has 8 heteroatoms. The maximum atomic E-state index is 12.0. The Morgan fingerprint density at radius 1 is 1.30 bits per heavy atom. The van der Waals surface area contributed by atoms with Crippen molar-refractivity contribution in [2.75, 3.05) is 0 Å². The van der Waals surface area contributed by atoms with Crippen LogP contribution in [0.2, 0.25) is 5.02 Å². The number of fused-ring (bicyclic) bond motifs is 1. The number of halogens is 1. The molecule has 0 aliphatic heterocycles. The Bertz CT molecular complexity index is 876. The lowest BCUT2D eigenvalue weighted by molar-refractivity contribution is -0.384. The summed E-state index contributed by atoms with van der Waals surface area (Å²) in [7, 11) is 0. The maximum absolute atomic E-state index is 12.0. The van der Waals surface area contributed by atoms with E-state index in [0.717, 1.165) is 16.3 Å². The van der Waals surface area contributed by atoms with Gasteiger partial charge in [-0.1, -0.05) is 23.7 Å². The van der Waals surface area contributed by atoms with Gasteiger partial charge in [0.25, 0.3) is 5.69 Å². The van der Waals surface area contributed by atoms with Crippen LogP contribution in [-0.2, 0) is 11.3 Å². The molecule has 0 aliphatic rings. The van der Waals surface area contributed by atoms with E-state index in [9.17, 15) is 14.9 Å². The van der Waals surface area contributed by atoms with Gasteiger partial charge in [0.15, 0.2) is 0 Å². The third-order valence-electron chi connectivity index (χ3n) is 3.05. The highest BCUT2D eigenvalue weighted by molar-refractivity contribution is 7.18. The van der Waals surface area contributed by atoms with E-state index in [1.807, 2.05) is 24.3 Å². The summed E-state index contributed by atoms with van der Waals surface area (Å²) >= 11 is 7.33. The average molecular weight is 349 g/mol. The van der Waals surface area contributed by atoms with Gasteiger partial charge in [-0.3, -0.25) is 10.1 Å². The highest BCUT2D eigenvalue weighted by atomic mass is 35.5. The molecule has 3 aromatic rings. The van der Waals surface area contributed by atoms with Crippen molar-refractivity contribution in [3.05, 3.63) is 68.2 Å². The van der Waals surface area contributed by atoms with E-state index in [4.69, 9.17) is 16.3 Å². The molecule has 0 amide bonds. The molecule has 0 saturated heterocycles. The van der Waals surface area contributed by atoms with E-state index < -0.39 is 10.9 Å². The molecule has 0 unspecified atom stereocenters. The number of rotatable bonds is 4. The number of benzene rings is 2. The molecular weight excluding hydrogens is 340 g/mol. The number of ether oxygens (including phenoxy) is 1. The van der Waals surface area contributed by atoms with Crippen LogP contribution in [0.1, 0.15) is 15.4 Å². The van der Waals surface area contributed by atoms with Crippen molar-refractivity contribution in [3.8, 4) is 0 Å². The lowest BCUT2D eigenvalue weighted by Crippen LogP contribution is -2.06. The average Bonchev–Trinajstić information content (AvgIpc) is 2.95. The van der Waals surface area contributed by atoms with Gasteiger partial charge < -0.3 is 4.74 Å². The monoisotopic (exact) mass is 348 g/mol. The number of hydrogen-bond acceptors (Lipinski definition) is 6. The van der Waals surface area contributed by atoms with Crippen molar-refractivity contribution in [2.45, 2.75) is 6.61 Å². The number of carbonyl (C=O) groups is 1. The normalized spacial score (nSPS) is 10.7. The molecule has 0 atom stereocenters. The second-order valence-electron chi connectivity index (χ2n) is 4.57. The first-order valence-electron chi connectivity index (χ1n) is 6.50. The molecule has 1 heterocycles. The molecule has 23 heavy (non-hydrogen) atoms. The summed E-state index contributed by atoms with van der Waals surface area (Å²) in [5, 5.41) is 11.3. The number of para-hydroxylation sites is 1. The molecule has 1 aromatic heterocycles. The molecule has 116 valence electrons. The zero-order chi connectivity index (χ0) is 16.4. The molecule has 0 N–H and O–H groups in total. The fourth-order valence-electron chi connectivity index (χ4n) is 1.97. The van der Waals surface area contributed by atoms with Crippen LogP contribution in [0, 0.1) is 10.1 Å². The van der Waals surface area contributed by atoms with Crippen LogP contribution >= 0.6 is 22.9 Å². The summed E-state index contributed by atoms with van der Waals surface area (Å²) in [6.07, 6.45) is 0. The largest absolute Gasteiger partial charge is 0.455 e. The van der Waals surface area contributed by atoms with Crippen molar-refractivity contribution in [2.24, 2.45) is 0 Å². The van der Waals surface area contributed by atoms with Gasteiger partial charge in [-0.05, 0) is 18.2 Å². The third kappa shape index (κ3) is 3.30. The molecule has 0 spiro atoms. The smallest absolute Gasteiger partial charge is 0.340 e. The molecular formula is C15H9ClN2O4S. The summed E-state index contributed by atoms with van der Waals surface area (Å²) < 4.78 is 6.19. The van der Waals surface area contributed by atoms with E-state index in [2.05, 4.69) is 4.98 Å². The highest BCUT2D eigenvalue weighted by Crippen LogP contribution is 2.25. The fourth-order valence-corrected chi connectivity index (χ4v) is 3.10. The molecule has 0 fully saturated rings. The first-order valence-corrected chi connectivity index (χ1v) is 7.69. The van der Waals surface area contributed by atoms with Gasteiger partial charge in [-0.15, -0.1) is 11.3 Å². The summed E-state index contributed by atoms with van der Waals surface area (Å²) in [6.45, 7) is 0.0193. The predicted molar refractivity (Wildman–Crippen MR) is 86.8 cm³/mol. The summed E-state index contributed by atoms with van der Waals surface area (Å²) in [4.78, 5) is 26.5. The van der Waals surface area contributed by atoms with Crippen LogP contribution in [0.4, 0.5) is 5.69 Å². The van der Waals surface area contributed by atoms with E-state index >= 15 is 0 Å². The van der Waals surface area contributed by atoms with Gasteiger partial charge in [-0.25, -0.2) is 9.78 Å². The van der Waals surface area contributed by atoms with Crippen LogP contribution < -0.4 is 0 Å². The van der Waals surface area contributed by atoms with Gasteiger partial charge in [0.1, 0.15) is 11.6 Å². The van der Waals surface area contributed by atoms with Gasteiger partial charge in [0.2, 0.25) is 0 Å². The Hall–Kier alpha value is -2.51. The van der Waals surface area contributed by atoms with Crippen LogP contribution in [0.15, 0.2) is 42.5 Å². The molecule has 0 saturated carbocycles. The lowest BCUT2D eigenvalue weighted by Gasteiger charge is -2.04. The maximum Gasteiger partial charge on any atom is 0.340 e. The van der Waals surface area contributed by atoms with Crippen molar-refractivity contribution in [1.29, 1.82) is 0 Å². The Labute approximate surface area is 139 Å². The van der Waals surface area contributed by atoms with Crippen molar-refractivity contribution in [3.63, 3.8) is 0 Å². The van der Waals surface area contributed by atoms with Crippen LogP contribution in [0.25, 0.3) is 10.2 Å². The van der Waals surface area contributed by atoms with Gasteiger partial charge in [0, 0.05) is 12.1 Å². The number of nitro groups is 1. The standard InChI is InChI=1S/C15H9ClN2O4S/c16-11-7-9(18(20)21)5-6-10(11)15(19)22-8-14-17-12-3-1-2-4-13(12)23-14/h1-7H,8H2. The second-order valence-corrected chi connectivity index (χ2v) is 6.10. The van der Waals surface area contributed by atoms with Gasteiger partial charge in [-0.2, -0.15) is 0 Å². The van der Waals surface area contributed by atoms with Crippen molar-refractivity contribution in [1.82, 2.24) is 4.98 Å². The number of non-ortho nitro benzene ring substituents is 1. The lowest BCUT2D eigenvalue weighted by atomic mass is 10.2. The first kappa shape index (κ1) is 15.4. The fraction of sp³-hybridized carbons (Fsp3) is 0.0667. The Kier molecular flexibility index (Phi) is 4.22. The van der Waals surface area contributed by atoms with Crippen molar-refractivity contribution < 1.29 is 14.5 Å². The number of hydrogen-bond donors (Lipinski definition) is 0. The number of esters is 1. The van der Waals surface area contributed by atoms with Crippen LogP contribution in [-0.4, -0.2) is 15.9 Å². The van der Waals surface area contributed by atoms with E-state index in [0.29, 0.717) is 5.01 Å². The van der Waals surface area contributed by atoms with E-state index in [-0.39, 0.29) is 22.9 Å². The minimum Gasteiger partial charge on any atom is -0.455 e. The molecule has 3 rings (SSSR count). The number of nitro benzene ring substituents is 1.